The maximum absolute atomic E-state index is 7.09. The summed E-state index contributed by atoms with van der Waals surface area (Å²) in [6.45, 7) is 0. The summed E-state index contributed by atoms with van der Waals surface area (Å²) in [5, 5.41) is 0. The van der Waals surface area contributed by atoms with Crippen LogP contribution in [0.25, 0.3) is 0 Å². The van der Waals surface area contributed by atoms with E-state index in [1.165, 1.54) is 0 Å². The Morgan fingerprint density at radius 1 is 0.112 bits per heavy atom. The molecule has 0 aliphatic rings. The molecule has 8 heteroatoms. The molecule has 0 fully saturated rings. The quantitative estimate of drug-likeness (QED) is 0.0665. The molecule has 15 rings (SSSR count). The van der Waals surface area contributed by atoms with Gasteiger partial charge in [0.2, 0.25) is 0 Å². The van der Waals surface area contributed by atoms with Crippen molar-refractivity contribution in [2.24, 2.45) is 0 Å². The van der Waals surface area contributed by atoms with Crippen LogP contribution < -0.4 is 38.9 Å². The van der Waals surface area contributed by atoms with E-state index in [-0.39, 0.29) is 0 Å². The molecule has 15 aromatic carbocycles. The Morgan fingerprint density at radius 2 is 0.255 bits per heavy atom. The smallest absolute Gasteiger partial charge is 0.131 e. The monoisotopic (exact) mass is 1260 g/mol. The van der Waals surface area contributed by atoms with Crippen molar-refractivity contribution < 1.29 is 9.47 Å². The van der Waals surface area contributed by atoms with Crippen molar-refractivity contribution >= 4 is 102 Å². The van der Waals surface area contributed by atoms with E-state index in [0.29, 0.717) is 17.2 Å². The van der Waals surface area contributed by atoms with Crippen molar-refractivity contribution in [1.82, 2.24) is 0 Å². The van der Waals surface area contributed by atoms with Crippen LogP contribution in [-0.4, -0.2) is 0 Å². The van der Waals surface area contributed by atoms with Crippen molar-refractivity contribution in [1.29, 1.82) is 0 Å². The molecule has 0 bridgehead atoms. The SMILES string of the molecule is c1ccc(Oc2cc(N(c3ccccc3)c3ccccc3)cc(N(c3ccccc3)c3cccc(N(c4ccccc4)c4cc(Oc5ccccc5)cc(N(c5ccccc5)c5cc(N(c6ccccc6)c6ccccc6)cc(N(c6ccccc6)c6ccccc6)c5)c4)c3)c2)cc1. The van der Waals surface area contributed by atoms with Gasteiger partial charge in [-0.2, -0.15) is 0 Å². The van der Waals surface area contributed by atoms with Crippen LogP contribution in [0.4, 0.5) is 102 Å². The Morgan fingerprint density at radius 3 is 0.459 bits per heavy atom. The van der Waals surface area contributed by atoms with Gasteiger partial charge >= 0.3 is 0 Å². The van der Waals surface area contributed by atoms with Crippen molar-refractivity contribution in [2.75, 3.05) is 29.4 Å². The normalized spacial score (nSPS) is 10.9. The zero-order chi connectivity index (χ0) is 65.7. The van der Waals surface area contributed by atoms with Gasteiger partial charge in [0.25, 0.3) is 0 Å². The predicted octanol–water partition coefficient (Wildman–Crippen LogP) is 26.1. The highest BCUT2D eigenvalue weighted by Crippen LogP contribution is 2.50. The zero-order valence-electron chi connectivity index (χ0n) is 53.8. The van der Waals surface area contributed by atoms with Crippen LogP contribution in [-0.2, 0) is 0 Å². The van der Waals surface area contributed by atoms with E-state index < -0.39 is 0 Å². The molecule has 15 aromatic rings. The van der Waals surface area contributed by atoms with Crippen LogP contribution >= 0.6 is 0 Å². The highest BCUT2D eigenvalue weighted by molar-refractivity contribution is 5.92. The molecule has 0 saturated carbocycles. The second-order valence-corrected chi connectivity index (χ2v) is 23.5. The summed E-state index contributed by atoms with van der Waals surface area (Å²) >= 11 is 0. The summed E-state index contributed by atoms with van der Waals surface area (Å²) in [6.07, 6.45) is 0. The van der Waals surface area contributed by atoms with Crippen molar-refractivity contribution in [3.8, 4) is 23.0 Å². The number of hydrogen-bond donors (Lipinski definition) is 0. The molecule has 8 nitrogen and oxygen atoms in total. The van der Waals surface area contributed by atoms with E-state index in [9.17, 15) is 0 Å². The molecule has 0 atom stereocenters. The van der Waals surface area contributed by atoms with Crippen molar-refractivity contribution in [2.45, 2.75) is 0 Å². The summed E-state index contributed by atoms with van der Waals surface area (Å²) in [6, 6.07) is 144. The molecular weight excluding hydrogens is 1200 g/mol. The van der Waals surface area contributed by atoms with Gasteiger partial charge in [-0.15, -0.1) is 0 Å². The minimum Gasteiger partial charge on any atom is -0.457 e. The molecule has 0 N–H and O–H groups in total. The first-order valence-electron chi connectivity index (χ1n) is 32.9. The van der Waals surface area contributed by atoms with E-state index in [0.717, 1.165) is 108 Å². The van der Waals surface area contributed by atoms with E-state index in [4.69, 9.17) is 9.47 Å². The summed E-state index contributed by atoms with van der Waals surface area (Å²) in [5.74, 6) is 2.75. The molecule has 0 saturated heterocycles. The molecule has 0 unspecified atom stereocenters. The Kier molecular flexibility index (Phi) is 18.0. The van der Waals surface area contributed by atoms with Gasteiger partial charge in [0.1, 0.15) is 23.0 Å². The van der Waals surface area contributed by atoms with Crippen LogP contribution in [0.1, 0.15) is 0 Å². The highest BCUT2D eigenvalue weighted by atomic mass is 16.5. The second-order valence-electron chi connectivity index (χ2n) is 23.5. The first kappa shape index (κ1) is 60.9. The predicted molar refractivity (Wildman–Crippen MR) is 408 cm³/mol. The topological polar surface area (TPSA) is 37.9 Å². The molecule has 0 radical (unpaired) electrons. The Balaban J connectivity index is 0.945. The average molecular weight is 1270 g/mol. The van der Waals surface area contributed by atoms with E-state index >= 15 is 0 Å². The van der Waals surface area contributed by atoms with E-state index in [1.54, 1.807) is 0 Å². The highest BCUT2D eigenvalue weighted by Gasteiger charge is 2.26. The molecule has 470 valence electrons. The van der Waals surface area contributed by atoms with Crippen LogP contribution in [0, 0.1) is 0 Å². The summed E-state index contributed by atoms with van der Waals surface area (Å²) in [7, 11) is 0. The molecule has 0 aliphatic heterocycles. The van der Waals surface area contributed by atoms with Gasteiger partial charge in [0.05, 0.1) is 39.8 Å². The molecule has 0 spiro atoms. The number of benzene rings is 15. The number of ether oxygens (including phenoxy) is 2. The molecule has 0 heterocycles. The lowest BCUT2D eigenvalue weighted by atomic mass is 10.1. The van der Waals surface area contributed by atoms with Gasteiger partial charge in [0.15, 0.2) is 0 Å². The van der Waals surface area contributed by atoms with Crippen LogP contribution in [0.3, 0.4) is 0 Å². The van der Waals surface area contributed by atoms with Crippen molar-refractivity contribution in [3.63, 3.8) is 0 Å². The average Bonchev–Trinajstić information content (AvgIpc) is 0.786. The van der Waals surface area contributed by atoms with Crippen LogP contribution in [0.5, 0.6) is 23.0 Å². The standard InChI is InChI=1S/C90H68N6O2/c1-12-35-69(36-13-1)91(70-37-14-2-15-38-70)80-60-81(92(71-39-16-3-17-40-71)72-41-18-4-19-42-72)62-82(61-80)96(77-51-28-9-29-52-77)86-64-85(67-90(68-86)98-88-57-32-11-33-58-88)95(76-49-26-8-27-50-76)79-54-34-53-78(59-79)94(75-47-24-7-25-48-75)84-63-83(65-89(66-84)97-87-55-30-10-31-56-87)93(73-43-20-5-21-44-73)74-45-22-6-23-46-74/h1-68H. The van der Waals surface area contributed by atoms with Crippen molar-refractivity contribution in [3.05, 3.63) is 413 Å². The lowest BCUT2D eigenvalue weighted by Gasteiger charge is -2.34. The molecular formula is C90H68N6O2. The fourth-order valence-corrected chi connectivity index (χ4v) is 12.6. The number of para-hydroxylation sites is 11. The zero-order valence-corrected chi connectivity index (χ0v) is 53.8. The number of nitrogens with zero attached hydrogens (tertiary/aromatic N) is 6. The summed E-state index contributed by atoms with van der Waals surface area (Å²) in [4.78, 5) is 13.9. The second kappa shape index (κ2) is 28.9. The van der Waals surface area contributed by atoms with Gasteiger partial charge in [-0.25, -0.2) is 0 Å². The van der Waals surface area contributed by atoms with Gasteiger partial charge in [-0.05, 0) is 182 Å². The Hall–Kier alpha value is -13.3. The van der Waals surface area contributed by atoms with Crippen LogP contribution in [0.2, 0.25) is 0 Å². The first-order valence-corrected chi connectivity index (χ1v) is 32.9. The molecule has 0 aromatic heterocycles. The van der Waals surface area contributed by atoms with Gasteiger partial charge in [-0.3, -0.25) is 0 Å². The maximum atomic E-state index is 7.09. The fraction of sp³-hybridized carbons (Fsp3) is 0. The number of hydrogen-bond acceptors (Lipinski definition) is 8. The maximum Gasteiger partial charge on any atom is 0.131 e. The molecule has 98 heavy (non-hydrogen) atoms. The Bertz CT molecular complexity index is 4810. The van der Waals surface area contributed by atoms with Crippen LogP contribution in [0.15, 0.2) is 413 Å². The summed E-state index contributed by atoms with van der Waals surface area (Å²) < 4.78 is 14.0. The summed E-state index contributed by atoms with van der Waals surface area (Å²) in [5.41, 5.74) is 17.1. The lowest BCUT2D eigenvalue weighted by Crippen LogP contribution is -2.17. The minimum absolute atomic E-state index is 0.638. The lowest BCUT2D eigenvalue weighted by molar-refractivity contribution is 0.482. The largest absolute Gasteiger partial charge is 0.457 e. The fourth-order valence-electron chi connectivity index (χ4n) is 12.6. The number of rotatable bonds is 22. The van der Waals surface area contributed by atoms with E-state index in [2.05, 4.69) is 381 Å². The third-order valence-corrected chi connectivity index (χ3v) is 16.9. The van der Waals surface area contributed by atoms with Gasteiger partial charge in [-0.1, -0.05) is 206 Å². The van der Waals surface area contributed by atoms with Gasteiger partial charge < -0.3 is 38.9 Å². The molecule has 0 aliphatic carbocycles. The third-order valence-electron chi connectivity index (χ3n) is 16.9. The van der Waals surface area contributed by atoms with Gasteiger partial charge in [0, 0.05) is 86.8 Å². The van der Waals surface area contributed by atoms with E-state index in [1.807, 2.05) is 60.7 Å². The molecule has 0 amide bonds. The number of anilines is 18. The third kappa shape index (κ3) is 13.7. The first-order chi connectivity index (χ1) is 48.6. The Labute approximate surface area is 573 Å². The minimum atomic E-state index is 0.638.